The number of nitrogen functional groups attached to an aromatic ring is 1. The van der Waals surface area contributed by atoms with Crippen LogP contribution in [-0.4, -0.2) is 5.91 Å². The molecular formula is C13H8Cl2F2N2O. The van der Waals surface area contributed by atoms with Gasteiger partial charge in [0.2, 0.25) is 0 Å². The summed E-state index contributed by atoms with van der Waals surface area (Å²) in [6.45, 7) is 0. The van der Waals surface area contributed by atoms with Crippen molar-refractivity contribution in [3.63, 3.8) is 0 Å². The Morgan fingerprint density at radius 3 is 2.20 bits per heavy atom. The van der Waals surface area contributed by atoms with Crippen LogP contribution in [0.15, 0.2) is 30.3 Å². The Kier molecular flexibility index (Phi) is 4.11. The Hall–Kier alpha value is -1.85. The van der Waals surface area contributed by atoms with Crippen LogP contribution in [0.4, 0.5) is 20.2 Å². The minimum atomic E-state index is -1.06. The lowest BCUT2D eigenvalue weighted by Crippen LogP contribution is -2.12. The summed E-state index contributed by atoms with van der Waals surface area (Å²) in [4.78, 5) is 11.9. The number of hydrogen-bond acceptors (Lipinski definition) is 2. The molecule has 3 N–H and O–H groups in total. The van der Waals surface area contributed by atoms with E-state index in [1.165, 1.54) is 18.2 Å². The first-order chi connectivity index (χ1) is 9.38. The number of hydrogen-bond donors (Lipinski definition) is 2. The maximum atomic E-state index is 13.0. The highest BCUT2D eigenvalue weighted by molar-refractivity contribution is 6.39. The van der Waals surface area contributed by atoms with E-state index in [9.17, 15) is 13.6 Å². The number of nitrogens with two attached hydrogens (primary N) is 1. The Balaban J connectivity index is 2.26. The molecule has 1 amide bonds. The van der Waals surface area contributed by atoms with Gasteiger partial charge >= 0.3 is 0 Å². The zero-order chi connectivity index (χ0) is 14.9. The van der Waals surface area contributed by atoms with Crippen LogP contribution < -0.4 is 11.1 Å². The molecule has 0 fully saturated rings. The molecule has 104 valence electrons. The van der Waals surface area contributed by atoms with E-state index in [1.54, 1.807) is 0 Å². The molecule has 0 bridgehead atoms. The molecule has 2 aromatic rings. The number of carbonyl (C=O) groups excluding carboxylic acids is 1. The summed E-state index contributed by atoms with van der Waals surface area (Å²) in [6.07, 6.45) is 0. The molecule has 2 rings (SSSR count). The normalized spacial score (nSPS) is 10.4. The van der Waals surface area contributed by atoms with Gasteiger partial charge in [-0.05, 0) is 24.3 Å². The van der Waals surface area contributed by atoms with Crippen LogP contribution in [0.2, 0.25) is 10.0 Å². The number of benzene rings is 2. The second-order valence-corrected chi connectivity index (χ2v) is 4.75. The fraction of sp³-hybridized carbons (Fsp3) is 0. The van der Waals surface area contributed by atoms with Crippen molar-refractivity contribution in [1.82, 2.24) is 0 Å². The molecule has 7 heteroatoms. The van der Waals surface area contributed by atoms with Crippen LogP contribution in [0.3, 0.4) is 0 Å². The quantitative estimate of drug-likeness (QED) is 0.819. The Morgan fingerprint density at radius 1 is 1.05 bits per heavy atom. The molecule has 0 atom stereocenters. The van der Waals surface area contributed by atoms with E-state index < -0.39 is 17.5 Å². The fourth-order valence-electron chi connectivity index (χ4n) is 1.49. The molecule has 0 aliphatic rings. The van der Waals surface area contributed by atoms with E-state index in [-0.39, 0.29) is 27.0 Å². The molecule has 0 unspecified atom stereocenters. The minimum Gasteiger partial charge on any atom is -0.396 e. The lowest BCUT2D eigenvalue weighted by molar-refractivity contribution is 0.102. The topological polar surface area (TPSA) is 55.1 Å². The highest BCUT2D eigenvalue weighted by Gasteiger charge is 2.12. The van der Waals surface area contributed by atoms with Gasteiger partial charge < -0.3 is 11.1 Å². The number of anilines is 2. The molecule has 2 aromatic carbocycles. The predicted octanol–water partition coefficient (Wildman–Crippen LogP) is 4.11. The van der Waals surface area contributed by atoms with E-state index in [1.807, 2.05) is 0 Å². The molecular weight excluding hydrogens is 309 g/mol. The van der Waals surface area contributed by atoms with Crippen LogP contribution in [0, 0.1) is 11.6 Å². The molecule has 0 aliphatic carbocycles. The smallest absolute Gasteiger partial charge is 0.255 e. The lowest BCUT2D eigenvalue weighted by Gasteiger charge is -2.08. The third kappa shape index (κ3) is 3.00. The first-order valence-corrected chi connectivity index (χ1v) is 6.15. The largest absolute Gasteiger partial charge is 0.396 e. The van der Waals surface area contributed by atoms with Crippen molar-refractivity contribution in [3.8, 4) is 0 Å². The van der Waals surface area contributed by atoms with Gasteiger partial charge in [-0.15, -0.1) is 0 Å². The van der Waals surface area contributed by atoms with E-state index in [0.717, 1.165) is 12.1 Å². The molecule has 20 heavy (non-hydrogen) atoms. The third-order valence-corrected chi connectivity index (χ3v) is 3.14. The number of amides is 1. The fourth-order valence-corrected chi connectivity index (χ4v) is 1.98. The summed E-state index contributed by atoms with van der Waals surface area (Å²) in [5.41, 5.74) is 5.98. The summed E-state index contributed by atoms with van der Waals surface area (Å²) in [5.74, 6) is -2.63. The monoisotopic (exact) mass is 316 g/mol. The van der Waals surface area contributed by atoms with Crippen molar-refractivity contribution in [2.45, 2.75) is 0 Å². The maximum Gasteiger partial charge on any atom is 0.255 e. The van der Waals surface area contributed by atoms with Gasteiger partial charge in [-0.1, -0.05) is 23.2 Å². The van der Waals surface area contributed by atoms with Gasteiger partial charge in [0.05, 0.1) is 15.7 Å². The van der Waals surface area contributed by atoms with E-state index >= 15 is 0 Å². The minimum absolute atomic E-state index is 0.109. The summed E-state index contributed by atoms with van der Waals surface area (Å²) < 4.78 is 25.8. The van der Waals surface area contributed by atoms with Gasteiger partial charge in [0, 0.05) is 17.3 Å². The second-order valence-electron chi connectivity index (χ2n) is 3.94. The Bertz CT molecular complexity index is 669. The molecule has 0 spiro atoms. The van der Waals surface area contributed by atoms with Gasteiger partial charge in [-0.3, -0.25) is 4.79 Å². The van der Waals surface area contributed by atoms with Crippen LogP contribution >= 0.6 is 23.2 Å². The van der Waals surface area contributed by atoms with Crippen LogP contribution in [0.1, 0.15) is 10.4 Å². The first kappa shape index (κ1) is 14.6. The van der Waals surface area contributed by atoms with Gasteiger partial charge in [0.1, 0.15) is 0 Å². The average Bonchev–Trinajstić information content (AvgIpc) is 2.39. The van der Waals surface area contributed by atoms with Gasteiger partial charge in [0.25, 0.3) is 5.91 Å². The van der Waals surface area contributed by atoms with Gasteiger partial charge in [0.15, 0.2) is 11.6 Å². The second kappa shape index (κ2) is 5.64. The van der Waals surface area contributed by atoms with Crippen molar-refractivity contribution in [3.05, 3.63) is 57.6 Å². The Morgan fingerprint density at radius 2 is 1.65 bits per heavy atom. The molecule has 0 aliphatic heterocycles. The molecule has 3 nitrogen and oxygen atoms in total. The van der Waals surface area contributed by atoms with E-state index in [2.05, 4.69) is 5.32 Å². The number of rotatable bonds is 2. The highest BCUT2D eigenvalue weighted by Crippen LogP contribution is 2.29. The zero-order valence-electron chi connectivity index (χ0n) is 9.88. The average molecular weight is 317 g/mol. The predicted molar refractivity (Wildman–Crippen MR) is 75.2 cm³/mol. The Labute approximate surface area is 123 Å². The molecule has 0 radical (unpaired) electrons. The van der Waals surface area contributed by atoms with Crippen molar-refractivity contribution >= 4 is 40.5 Å². The molecule has 0 saturated heterocycles. The zero-order valence-corrected chi connectivity index (χ0v) is 11.4. The van der Waals surface area contributed by atoms with E-state index in [4.69, 9.17) is 28.9 Å². The van der Waals surface area contributed by atoms with Crippen molar-refractivity contribution in [1.29, 1.82) is 0 Å². The number of nitrogens with one attached hydrogen (secondary N) is 1. The summed E-state index contributed by atoms with van der Waals surface area (Å²) >= 11 is 11.6. The lowest BCUT2D eigenvalue weighted by atomic mass is 10.2. The van der Waals surface area contributed by atoms with Crippen LogP contribution in [0.5, 0.6) is 0 Å². The summed E-state index contributed by atoms with van der Waals surface area (Å²) in [7, 11) is 0. The first-order valence-electron chi connectivity index (χ1n) is 5.39. The SMILES string of the molecule is Nc1c(Cl)cc(C(=O)Nc2ccc(F)c(F)c2)cc1Cl. The van der Waals surface area contributed by atoms with Gasteiger partial charge in [-0.25, -0.2) is 8.78 Å². The van der Waals surface area contributed by atoms with Crippen LogP contribution in [-0.2, 0) is 0 Å². The maximum absolute atomic E-state index is 13.0. The summed E-state index contributed by atoms with van der Waals surface area (Å²) in [5, 5.41) is 2.66. The number of carbonyl (C=O) groups is 1. The number of halogens is 4. The third-order valence-electron chi connectivity index (χ3n) is 2.52. The standard InChI is InChI=1S/C13H8Cl2F2N2O/c14-8-3-6(4-9(15)12(8)18)13(20)19-7-1-2-10(16)11(17)5-7/h1-5H,18H2,(H,19,20). The van der Waals surface area contributed by atoms with Gasteiger partial charge in [-0.2, -0.15) is 0 Å². The van der Waals surface area contributed by atoms with E-state index in [0.29, 0.717) is 0 Å². The molecule has 0 aromatic heterocycles. The highest BCUT2D eigenvalue weighted by atomic mass is 35.5. The van der Waals surface area contributed by atoms with Crippen LogP contribution in [0.25, 0.3) is 0 Å². The molecule has 0 heterocycles. The van der Waals surface area contributed by atoms with Crippen molar-refractivity contribution in [2.75, 3.05) is 11.1 Å². The van der Waals surface area contributed by atoms with Crippen molar-refractivity contribution < 1.29 is 13.6 Å². The van der Waals surface area contributed by atoms with Crippen molar-refractivity contribution in [2.24, 2.45) is 0 Å². The molecule has 0 saturated carbocycles. The summed E-state index contributed by atoms with van der Waals surface area (Å²) in [6, 6.07) is 5.68.